The molecule has 1 fully saturated rings. The lowest BCUT2D eigenvalue weighted by atomic mass is 10.1. The number of carbonyl (C=O) groups is 3. The van der Waals surface area contributed by atoms with E-state index in [4.69, 9.17) is 4.74 Å². The predicted octanol–water partition coefficient (Wildman–Crippen LogP) is 3.95. The van der Waals surface area contributed by atoms with Gasteiger partial charge >= 0.3 is 0 Å². The van der Waals surface area contributed by atoms with Crippen molar-refractivity contribution in [3.8, 4) is 0 Å². The van der Waals surface area contributed by atoms with E-state index >= 15 is 0 Å². The Bertz CT molecular complexity index is 1410. The van der Waals surface area contributed by atoms with Gasteiger partial charge in [0.05, 0.1) is 18.8 Å². The number of morpholine rings is 1. The van der Waals surface area contributed by atoms with E-state index in [1.54, 1.807) is 20.6 Å². The maximum Gasteiger partial charge on any atom is 0.295 e. The van der Waals surface area contributed by atoms with Gasteiger partial charge in [0.25, 0.3) is 11.7 Å². The Morgan fingerprint density at radius 1 is 0.789 bits per heavy atom. The largest absolute Gasteiger partial charge is 0.378 e. The minimum atomic E-state index is -0.567. The van der Waals surface area contributed by atoms with Crippen molar-refractivity contribution in [2.24, 2.45) is 0 Å². The fourth-order valence-corrected chi connectivity index (χ4v) is 4.84. The molecule has 0 atom stereocenters. The Labute approximate surface area is 222 Å². The molecular weight excluding hydrogens is 478 g/mol. The molecule has 1 aromatic heterocycles. The van der Waals surface area contributed by atoms with Crippen LogP contribution in [0.1, 0.15) is 21.5 Å². The van der Waals surface area contributed by atoms with E-state index in [9.17, 15) is 14.4 Å². The molecule has 1 saturated heterocycles. The first kappa shape index (κ1) is 25.4. The summed E-state index contributed by atoms with van der Waals surface area (Å²) < 4.78 is 7.13. The second kappa shape index (κ2) is 11.9. The molecular formula is C31H31N3O4. The zero-order valence-corrected chi connectivity index (χ0v) is 21.3. The number of hydrogen-bond acceptors (Lipinski definition) is 4. The van der Waals surface area contributed by atoms with Crippen LogP contribution in [0.2, 0.25) is 0 Å². The smallest absolute Gasteiger partial charge is 0.295 e. The monoisotopic (exact) mass is 509 g/mol. The minimum absolute atomic E-state index is 0.0343. The highest BCUT2D eigenvalue weighted by molar-refractivity contribution is 6.44. The summed E-state index contributed by atoms with van der Waals surface area (Å²) in [6, 6.07) is 27.0. The molecule has 2 amide bonds. The minimum Gasteiger partial charge on any atom is -0.378 e. The van der Waals surface area contributed by atoms with E-state index in [0.717, 1.165) is 16.6 Å². The average molecular weight is 510 g/mol. The molecule has 3 aromatic carbocycles. The first-order valence-electron chi connectivity index (χ1n) is 12.9. The Balaban J connectivity index is 1.40. The van der Waals surface area contributed by atoms with Gasteiger partial charge in [-0.25, -0.2) is 0 Å². The highest BCUT2D eigenvalue weighted by Gasteiger charge is 2.27. The van der Waals surface area contributed by atoms with Crippen LogP contribution in [0.4, 0.5) is 0 Å². The summed E-state index contributed by atoms with van der Waals surface area (Å²) in [7, 11) is 0. The van der Waals surface area contributed by atoms with Crippen LogP contribution >= 0.6 is 0 Å². The van der Waals surface area contributed by atoms with Gasteiger partial charge in [0.1, 0.15) is 6.54 Å². The number of nitrogens with zero attached hydrogens (tertiary/aromatic N) is 3. The van der Waals surface area contributed by atoms with Crippen LogP contribution in [0.25, 0.3) is 10.9 Å². The van der Waals surface area contributed by atoms with Crippen molar-refractivity contribution >= 4 is 28.5 Å². The summed E-state index contributed by atoms with van der Waals surface area (Å²) in [6.07, 6.45) is 2.30. The van der Waals surface area contributed by atoms with Gasteiger partial charge in [-0.2, -0.15) is 0 Å². The van der Waals surface area contributed by atoms with Crippen molar-refractivity contribution in [1.29, 1.82) is 0 Å². The molecule has 0 spiro atoms. The van der Waals surface area contributed by atoms with Gasteiger partial charge < -0.3 is 19.1 Å². The van der Waals surface area contributed by atoms with E-state index in [1.165, 1.54) is 0 Å². The molecule has 5 rings (SSSR count). The molecule has 1 aliphatic rings. The van der Waals surface area contributed by atoms with Crippen molar-refractivity contribution in [1.82, 2.24) is 14.4 Å². The van der Waals surface area contributed by atoms with Gasteiger partial charge in [0, 0.05) is 43.3 Å². The number of benzene rings is 3. The number of carbonyl (C=O) groups excluding carboxylic acids is 3. The third-order valence-electron chi connectivity index (χ3n) is 6.91. The summed E-state index contributed by atoms with van der Waals surface area (Å²) in [5, 5.41) is 0.670. The van der Waals surface area contributed by atoms with Crippen LogP contribution in [0.3, 0.4) is 0 Å². The number of rotatable bonds is 9. The van der Waals surface area contributed by atoms with Gasteiger partial charge in [-0.1, -0.05) is 78.9 Å². The number of hydrogen-bond donors (Lipinski definition) is 0. The first-order chi connectivity index (χ1) is 18.6. The molecule has 0 unspecified atom stereocenters. The SMILES string of the molecule is O=C(C(=O)N(CCc1ccccc1)Cc1ccccc1)c1cn(CC(=O)N2CCOCC2)c2ccccc12. The van der Waals surface area contributed by atoms with E-state index in [2.05, 4.69) is 0 Å². The maximum absolute atomic E-state index is 13.7. The zero-order chi connectivity index (χ0) is 26.3. The topological polar surface area (TPSA) is 71.9 Å². The quantitative estimate of drug-likeness (QED) is 0.253. The van der Waals surface area contributed by atoms with Crippen molar-refractivity contribution in [2.45, 2.75) is 19.5 Å². The zero-order valence-electron chi connectivity index (χ0n) is 21.3. The Morgan fingerprint density at radius 3 is 2.13 bits per heavy atom. The first-order valence-corrected chi connectivity index (χ1v) is 12.9. The second-order valence-electron chi connectivity index (χ2n) is 9.46. The molecule has 2 heterocycles. The van der Waals surface area contributed by atoms with Gasteiger partial charge in [-0.15, -0.1) is 0 Å². The third-order valence-corrected chi connectivity index (χ3v) is 6.91. The summed E-state index contributed by atoms with van der Waals surface area (Å²) in [6.45, 7) is 3.01. The molecule has 4 aromatic rings. The molecule has 0 saturated carbocycles. The number of fused-ring (bicyclic) bond motifs is 1. The lowest BCUT2D eigenvalue weighted by Crippen LogP contribution is -2.42. The predicted molar refractivity (Wildman–Crippen MR) is 146 cm³/mol. The summed E-state index contributed by atoms with van der Waals surface area (Å²) in [5.41, 5.74) is 3.13. The average Bonchev–Trinajstić information content (AvgIpc) is 3.34. The van der Waals surface area contributed by atoms with Crippen LogP contribution in [0, 0.1) is 0 Å². The van der Waals surface area contributed by atoms with Crippen LogP contribution in [-0.4, -0.2) is 64.8 Å². The standard InChI is InChI=1S/C31H31N3O4/c35-29(32-17-19-38-20-18-32)23-34-22-27(26-13-7-8-14-28(26)34)30(36)31(37)33(21-25-11-5-2-6-12-25)16-15-24-9-3-1-4-10-24/h1-14,22H,15-21,23H2. The van der Waals surface area contributed by atoms with Crippen LogP contribution in [0.15, 0.2) is 91.1 Å². The maximum atomic E-state index is 13.7. The number of ether oxygens (including phenoxy) is 1. The molecule has 194 valence electrons. The molecule has 0 bridgehead atoms. The van der Waals surface area contributed by atoms with Gasteiger partial charge in [0.15, 0.2) is 0 Å². The van der Waals surface area contributed by atoms with Crippen LogP contribution in [0.5, 0.6) is 0 Å². The van der Waals surface area contributed by atoms with Crippen LogP contribution in [-0.2, 0) is 33.8 Å². The molecule has 7 heteroatoms. The number of Topliss-reactive ketones (excluding diaryl/α,β-unsaturated/α-hetero) is 1. The van der Waals surface area contributed by atoms with Gasteiger partial charge in [-0.3, -0.25) is 14.4 Å². The second-order valence-corrected chi connectivity index (χ2v) is 9.46. The number of para-hydroxylation sites is 1. The number of amides is 2. The molecule has 0 N–H and O–H groups in total. The molecule has 0 radical (unpaired) electrons. The highest BCUT2D eigenvalue weighted by atomic mass is 16.5. The Kier molecular flexibility index (Phi) is 7.95. The fourth-order valence-electron chi connectivity index (χ4n) is 4.84. The lowest BCUT2D eigenvalue weighted by molar-refractivity contribution is -0.135. The molecule has 7 nitrogen and oxygen atoms in total. The summed E-state index contributed by atoms with van der Waals surface area (Å²) in [5.74, 6) is -1.15. The van der Waals surface area contributed by atoms with Crippen molar-refractivity contribution in [3.63, 3.8) is 0 Å². The highest BCUT2D eigenvalue weighted by Crippen LogP contribution is 2.23. The van der Waals surface area contributed by atoms with Gasteiger partial charge in [-0.05, 0) is 23.6 Å². The van der Waals surface area contributed by atoms with E-state index in [0.29, 0.717) is 56.8 Å². The third kappa shape index (κ3) is 5.84. The fraction of sp³-hybridized carbons (Fsp3) is 0.258. The lowest BCUT2D eigenvalue weighted by Gasteiger charge is -2.27. The molecule has 0 aliphatic carbocycles. The van der Waals surface area contributed by atoms with Gasteiger partial charge in [0.2, 0.25) is 5.91 Å². The van der Waals surface area contributed by atoms with E-state index in [-0.39, 0.29) is 12.5 Å². The Morgan fingerprint density at radius 2 is 1.42 bits per heavy atom. The normalized spacial score (nSPS) is 13.4. The molecule has 38 heavy (non-hydrogen) atoms. The van der Waals surface area contributed by atoms with Crippen molar-refractivity contribution < 1.29 is 19.1 Å². The Hall–Kier alpha value is -4.23. The number of aromatic nitrogens is 1. The van der Waals surface area contributed by atoms with E-state index in [1.807, 2.05) is 84.9 Å². The van der Waals surface area contributed by atoms with Crippen molar-refractivity contribution in [2.75, 3.05) is 32.8 Å². The van der Waals surface area contributed by atoms with Crippen molar-refractivity contribution in [3.05, 3.63) is 108 Å². The number of ketones is 1. The summed E-state index contributed by atoms with van der Waals surface area (Å²) >= 11 is 0. The summed E-state index contributed by atoms with van der Waals surface area (Å²) in [4.78, 5) is 43.7. The molecule has 1 aliphatic heterocycles. The van der Waals surface area contributed by atoms with E-state index < -0.39 is 11.7 Å². The van der Waals surface area contributed by atoms with Crippen LogP contribution < -0.4 is 0 Å².